The summed E-state index contributed by atoms with van der Waals surface area (Å²) in [7, 11) is 1.94. The molecule has 1 atom stereocenters. The molecule has 1 unspecified atom stereocenters. The van der Waals surface area contributed by atoms with Crippen molar-refractivity contribution < 1.29 is 0 Å². The van der Waals surface area contributed by atoms with E-state index in [-0.39, 0.29) is 5.56 Å². The van der Waals surface area contributed by atoms with Gasteiger partial charge in [-0.05, 0) is 65.4 Å². The highest BCUT2D eigenvalue weighted by atomic mass is 35.5. The number of aryl methyl sites for hydroxylation is 3. The Morgan fingerprint density at radius 1 is 1.00 bits per heavy atom. The molecule has 36 heavy (non-hydrogen) atoms. The van der Waals surface area contributed by atoms with E-state index in [0.717, 1.165) is 51.7 Å². The Labute approximate surface area is 218 Å². The zero-order valence-corrected chi connectivity index (χ0v) is 21.2. The van der Waals surface area contributed by atoms with Crippen molar-refractivity contribution in [2.24, 2.45) is 12.8 Å². The summed E-state index contributed by atoms with van der Waals surface area (Å²) < 4.78 is 3.84. The van der Waals surface area contributed by atoms with E-state index in [1.54, 1.807) is 12.5 Å². The average Bonchev–Trinajstić information content (AvgIpc) is 3.32. The zero-order chi connectivity index (χ0) is 25.0. The fourth-order valence-corrected chi connectivity index (χ4v) is 5.83. The second-order valence-electron chi connectivity index (χ2n) is 9.37. The Morgan fingerprint density at radius 2 is 1.81 bits per heavy atom. The van der Waals surface area contributed by atoms with Gasteiger partial charge in [-0.15, -0.1) is 0 Å². The number of hydrogen-bond donors (Lipinski definition) is 1. The molecule has 1 aliphatic heterocycles. The first-order valence-electron chi connectivity index (χ1n) is 11.9. The predicted molar refractivity (Wildman–Crippen MR) is 146 cm³/mol. The molecule has 0 radical (unpaired) electrons. The van der Waals surface area contributed by atoms with E-state index in [4.69, 9.17) is 28.9 Å². The van der Waals surface area contributed by atoms with Crippen LogP contribution in [-0.4, -0.2) is 14.1 Å². The van der Waals surface area contributed by atoms with Crippen molar-refractivity contribution in [3.8, 4) is 11.1 Å². The number of aromatic nitrogens is 3. The van der Waals surface area contributed by atoms with Gasteiger partial charge in [-0.1, -0.05) is 59.6 Å². The molecule has 2 aromatic heterocycles. The van der Waals surface area contributed by atoms with Gasteiger partial charge in [0.2, 0.25) is 0 Å². The largest absolute Gasteiger partial charge is 0.336 e. The highest BCUT2D eigenvalue weighted by molar-refractivity contribution is 6.31. The standard InChI is InChI=1S/C29H24Cl2N4O/c1-34-17-33-16-26(34)29(32,20-8-10-21(30)11-9-20)25-12-7-18-5-3-13-35-27(18)24(25)15-23(28(35)36)19-4-2-6-22(31)14-19/h2,4,6-12,14-17H,3,5,13,32H2,1H3. The Kier molecular flexibility index (Phi) is 5.52. The van der Waals surface area contributed by atoms with E-state index < -0.39 is 5.54 Å². The molecular weight excluding hydrogens is 491 g/mol. The number of rotatable bonds is 4. The van der Waals surface area contributed by atoms with Gasteiger partial charge in [0.05, 0.1) is 23.7 Å². The van der Waals surface area contributed by atoms with Crippen molar-refractivity contribution in [3.63, 3.8) is 0 Å². The van der Waals surface area contributed by atoms with Gasteiger partial charge in [0.1, 0.15) is 5.54 Å². The van der Waals surface area contributed by atoms with Gasteiger partial charge in [-0.2, -0.15) is 0 Å². The molecule has 3 aromatic carbocycles. The summed E-state index contributed by atoms with van der Waals surface area (Å²) >= 11 is 12.5. The van der Waals surface area contributed by atoms with Crippen LogP contribution >= 0.6 is 23.2 Å². The SMILES string of the molecule is Cn1cncc1C(N)(c1ccc(Cl)cc1)c1ccc2c3c1cc(-c1cccc(Cl)c1)c(=O)n3CCC2. The van der Waals surface area contributed by atoms with Crippen LogP contribution in [0.3, 0.4) is 0 Å². The van der Waals surface area contributed by atoms with Crippen LogP contribution in [0.5, 0.6) is 0 Å². The van der Waals surface area contributed by atoms with Crippen LogP contribution in [0.15, 0.2) is 84.0 Å². The van der Waals surface area contributed by atoms with Crippen molar-refractivity contribution >= 4 is 34.1 Å². The van der Waals surface area contributed by atoms with E-state index in [2.05, 4.69) is 17.1 Å². The van der Waals surface area contributed by atoms with Gasteiger partial charge in [-0.3, -0.25) is 4.79 Å². The minimum absolute atomic E-state index is 0.0162. The molecular formula is C29H24Cl2N4O. The minimum atomic E-state index is -1.04. The molecule has 1 aliphatic rings. The fraction of sp³-hybridized carbons (Fsp3) is 0.172. The van der Waals surface area contributed by atoms with Crippen molar-refractivity contribution in [1.29, 1.82) is 0 Å². The highest BCUT2D eigenvalue weighted by Gasteiger charge is 2.37. The van der Waals surface area contributed by atoms with Crippen molar-refractivity contribution in [3.05, 3.63) is 122 Å². The van der Waals surface area contributed by atoms with Crippen LogP contribution in [0.25, 0.3) is 22.0 Å². The molecule has 180 valence electrons. The number of benzene rings is 3. The molecule has 0 saturated heterocycles. The second-order valence-corrected chi connectivity index (χ2v) is 10.2. The van der Waals surface area contributed by atoms with Crippen LogP contribution in [0, 0.1) is 0 Å². The van der Waals surface area contributed by atoms with E-state index >= 15 is 0 Å². The fourth-order valence-electron chi connectivity index (χ4n) is 5.51. The molecule has 2 N–H and O–H groups in total. The van der Waals surface area contributed by atoms with Gasteiger partial charge in [0.15, 0.2) is 0 Å². The molecule has 0 amide bonds. The van der Waals surface area contributed by atoms with E-state index in [1.807, 2.05) is 70.8 Å². The smallest absolute Gasteiger partial charge is 0.258 e. The minimum Gasteiger partial charge on any atom is -0.336 e. The number of halogens is 2. The molecule has 7 heteroatoms. The molecule has 5 nitrogen and oxygen atoms in total. The molecule has 5 aromatic rings. The normalized spacial score (nSPS) is 14.7. The van der Waals surface area contributed by atoms with Crippen LogP contribution in [-0.2, 0) is 25.6 Å². The van der Waals surface area contributed by atoms with Crippen molar-refractivity contribution in [2.45, 2.75) is 24.9 Å². The van der Waals surface area contributed by atoms with Gasteiger partial charge in [0.25, 0.3) is 5.56 Å². The molecule has 0 spiro atoms. The molecule has 0 saturated carbocycles. The predicted octanol–water partition coefficient (Wildman–Crippen LogP) is 5.91. The molecule has 6 rings (SSSR count). The lowest BCUT2D eigenvalue weighted by atomic mass is 9.78. The van der Waals surface area contributed by atoms with Crippen LogP contribution < -0.4 is 11.3 Å². The van der Waals surface area contributed by atoms with E-state index in [0.29, 0.717) is 22.2 Å². The third kappa shape index (κ3) is 3.50. The summed E-state index contributed by atoms with van der Waals surface area (Å²) in [5, 5.41) is 2.17. The Balaban J connectivity index is 1.74. The van der Waals surface area contributed by atoms with Crippen LogP contribution in [0.4, 0.5) is 0 Å². The lowest BCUT2D eigenvalue weighted by molar-refractivity contribution is 0.594. The molecule has 3 heterocycles. The second kappa shape index (κ2) is 8.63. The zero-order valence-electron chi connectivity index (χ0n) is 19.7. The van der Waals surface area contributed by atoms with Gasteiger partial charge in [0, 0.05) is 34.6 Å². The Hall–Kier alpha value is -3.38. The number of hydrogen-bond acceptors (Lipinski definition) is 3. The summed E-state index contributed by atoms with van der Waals surface area (Å²) in [5.74, 6) is 0. The molecule has 0 bridgehead atoms. The van der Waals surface area contributed by atoms with E-state index in [1.165, 1.54) is 0 Å². The first kappa shape index (κ1) is 23.0. The number of nitrogens with zero attached hydrogens (tertiary/aromatic N) is 3. The lowest BCUT2D eigenvalue weighted by Crippen LogP contribution is -2.41. The third-order valence-electron chi connectivity index (χ3n) is 7.24. The maximum atomic E-state index is 13.7. The Morgan fingerprint density at radius 3 is 2.53 bits per heavy atom. The topological polar surface area (TPSA) is 65.8 Å². The van der Waals surface area contributed by atoms with Crippen molar-refractivity contribution in [2.75, 3.05) is 0 Å². The average molecular weight is 515 g/mol. The van der Waals surface area contributed by atoms with E-state index in [9.17, 15) is 4.79 Å². The number of imidazole rings is 1. The summed E-state index contributed by atoms with van der Waals surface area (Å²) in [6.45, 7) is 0.657. The monoisotopic (exact) mass is 514 g/mol. The van der Waals surface area contributed by atoms with Crippen LogP contribution in [0.2, 0.25) is 10.0 Å². The Bertz CT molecular complexity index is 1690. The highest BCUT2D eigenvalue weighted by Crippen LogP contribution is 2.40. The maximum Gasteiger partial charge on any atom is 0.258 e. The summed E-state index contributed by atoms with van der Waals surface area (Å²) in [6, 6.07) is 21.2. The summed E-state index contributed by atoms with van der Waals surface area (Å²) in [5.41, 5.74) is 12.5. The number of nitrogens with two attached hydrogens (primary N) is 1. The van der Waals surface area contributed by atoms with Crippen molar-refractivity contribution in [1.82, 2.24) is 14.1 Å². The lowest BCUT2D eigenvalue weighted by Gasteiger charge is -2.34. The first-order chi connectivity index (χ1) is 17.4. The number of pyridine rings is 1. The van der Waals surface area contributed by atoms with Gasteiger partial charge < -0.3 is 14.9 Å². The summed E-state index contributed by atoms with van der Waals surface area (Å²) in [4.78, 5) is 18.1. The van der Waals surface area contributed by atoms with Gasteiger partial charge in [-0.25, -0.2) is 4.98 Å². The third-order valence-corrected chi connectivity index (χ3v) is 7.73. The first-order valence-corrected chi connectivity index (χ1v) is 12.6. The quantitative estimate of drug-likeness (QED) is 0.324. The van der Waals surface area contributed by atoms with Gasteiger partial charge >= 0.3 is 0 Å². The molecule has 0 fully saturated rings. The molecule has 0 aliphatic carbocycles. The maximum absolute atomic E-state index is 13.7. The summed E-state index contributed by atoms with van der Waals surface area (Å²) in [6.07, 6.45) is 5.37. The van der Waals surface area contributed by atoms with Crippen LogP contribution in [0.1, 0.15) is 28.8 Å².